The number of methoxy groups -OCH3 is 1. The Morgan fingerprint density at radius 2 is 2.00 bits per heavy atom. The first kappa shape index (κ1) is 13.7. The predicted molar refractivity (Wildman–Crippen MR) is 78.5 cm³/mol. The van der Waals surface area contributed by atoms with Crippen LogP contribution in [0.4, 0.5) is 5.82 Å². The molecule has 5 heteroatoms. The smallest absolute Gasteiger partial charge is 0.128 e. The van der Waals surface area contributed by atoms with Gasteiger partial charge < -0.3 is 10.5 Å². The van der Waals surface area contributed by atoms with E-state index in [0.29, 0.717) is 5.82 Å². The maximum atomic E-state index is 5.56. The number of nitrogens with zero attached hydrogens (tertiary/aromatic N) is 2. The first-order valence-electron chi connectivity index (χ1n) is 5.95. The molecule has 0 saturated carbocycles. The highest BCUT2D eigenvalue weighted by molar-refractivity contribution is 7.98. The molecular weight excluding hydrogens is 258 g/mol. The number of rotatable bonds is 4. The molecule has 2 rings (SSSR count). The van der Waals surface area contributed by atoms with Crippen molar-refractivity contribution in [2.75, 3.05) is 12.8 Å². The molecule has 0 unspecified atom stereocenters. The lowest BCUT2D eigenvalue weighted by atomic mass is 10.1. The Balaban J connectivity index is 2.13. The summed E-state index contributed by atoms with van der Waals surface area (Å²) in [5.41, 5.74) is 8.75. The third-order valence-corrected chi connectivity index (χ3v) is 3.88. The average Bonchev–Trinajstić information content (AvgIpc) is 2.40. The van der Waals surface area contributed by atoms with E-state index in [-0.39, 0.29) is 0 Å². The van der Waals surface area contributed by atoms with Crippen molar-refractivity contribution in [3.8, 4) is 5.75 Å². The number of thioether (sulfide) groups is 1. The Hall–Kier alpha value is -1.75. The van der Waals surface area contributed by atoms with Crippen LogP contribution in [0.15, 0.2) is 29.4 Å². The molecule has 0 bridgehead atoms. The van der Waals surface area contributed by atoms with Gasteiger partial charge in [-0.1, -0.05) is 0 Å². The first-order chi connectivity index (χ1) is 9.11. The highest BCUT2D eigenvalue weighted by Crippen LogP contribution is 2.28. The molecule has 100 valence electrons. The molecule has 0 atom stereocenters. The molecule has 2 aromatic rings. The van der Waals surface area contributed by atoms with Gasteiger partial charge in [-0.2, -0.15) is 0 Å². The predicted octanol–water partition coefficient (Wildman–Crippen LogP) is 2.98. The highest BCUT2D eigenvalue weighted by Gasteiger charge is 2.09. The van der Waals surface area contributed by atoms with Gasteiger partial charge >= 0.3 is 0 Å². The summed E-state index contributed by atoms with van der Waals surface area (Å²) in [4.78, 5) is 9.63. The number of hydrogen-bond donors (Lipinski definition) is 1. The lowest BCUT2D eigenvalue weighted by Gasteiger charge is -2.11. The van der Waals surface area contributed by atoms with Gasteiger partial charge in [0, 0.05) is 34.2 Å². The van der Waals surface area contributed by atoms with Crippen molar-refractivity contribution in [2.24, 2.45) is 0 Å². The van der Waals surface area contributed by atoms with Gasteiger partial charge in [0.15, 0.2) is 0 Å². The SMILES string of the molecule is COc1c(C)cnc(CSc2ccc(N)nc2)c1C. The van der Waals surface area contributed by atoms with Crippen LogP contribution in [-0.2, 0) is 5.75 Å². The summed E-state index contributed by atoms with van der Waals surface area (Å²) in [7, 11) is 1.69. The molecule has 0 amide bonds. The Morgan fingerprint density at radius 3 is 2.63 bits per heavy atom. The second kappa shape index (κ2) is 5.93. The molecule has 2 aromatic heterocycles. The van der Waals surface area contributed by atoms with Crippen LogP contribution in [0.1, 0.15) is 16.8 Å². The maximum Gasteiger partial charge on any atom is 0.128 e. The lowest BCUT2D eigenvalue weighted by molar-refractivity contribution is 0.407. The van der Waals surface area contributed by atoms with Crippen molar-refractivity contribution < 1.29 is 4.74 Å². The fraction of sp³-hybridized carbons (Fsp3) is 0.286. The molecule has 0 aliphatic carbocycles. The molecule has 0 radical (unpaired) electrons. The molecule has 19 heavy (non-hydrogen) atoms. The summed E-state index contributed by atoms with van der Waals surface area (Å²) >= 11 is 1.69. The molecule has 0 fully saturated rings. The average molecular weight is 275 g/mol. The third-order valence-electron chi connectivity index (χ3n) is 2.88. The van der Waals surface area contributed by atoms with Crippen LogP contribution in [0.25, 0.3) is 0 Å². The van der Waals surface area contributed by atoms with Crippen molar-refractivity contribution >= 4 is 17.6 Å². The molecule has 2 heterocycles. The molecule has 0 aromatic carbocycles. The van der Waals surface area contributed by atoms with Crippen LogP contribution in [0.5, 0.6) is 5.75 Å². The number of aryl methyl sites for hydroxylation is 1. The number of nitrogens with two attached hydrogens (primary N) is 1. The minimum atomic E-state index is 0.538. The van der Waals surface area contributed by atoms with Crippen LogP contribution in [0, 0.1) is 13.8 Å². The van der Waals surface area contributed by atoms with Crippen LogP contribution in [-0.4, -0.2) is 17.1 Å². The van der Waals surface area contributed by atoms with Crippen LogP contribution >= 0.6 is 11.8 Å². The fourth-order valence-corrected chi connectivity index (χ4v) is 2.73. The van der Waals surface area contributed by atoms with Crippen LogP contribution < -0.4 is 10.5 Å². The zero-order valence-electron chi connectivity index (χ0n) is 11.3. The zero-order chi connectivity index (χ0) is 13.8. The van der Waals surface area contributed by atoms with E-state index in [9.17, 15) is 0 Å². The zero-order valence-corrected chi connectivity index (χ0v) is 12.1. The van der Waals surface area contributed by atoms with Crippen molar-refractivity contribution in [2.45, 2.75) is 24.5 Å². The van der Waals surface area contributed by atoms with Crippen molar-refractivity contribution in [3.63, 3.8) is 0 Å². The van der Waals surface area contributed by atoms with Crippen LogP contribution in [0.2, 0.25) is 0 Å². The van der Waals surface area contributed by atoms with E-state index >= 15 is 0 Å². The first-order valence-corrected chi connectivity index (χ1v) is 6.93. The van der Waals surface area contributed by atoms with Gasteiger partial charge in [0.1, 0.15) is 11.6 Å². The number of nitrogen functional groups attached to an aromatic ring is 1. The highest BCUT2D eigenvalue weighted by atomic mass is 32.2. The van der Waals surface area contributed by atoms with E-state index < -0.39 is 0 Å². The molecule has 4 nitrogen and oxygen atoms in total. The van der Waals surface area contributed by atoms with Crippen molar-refractivity contribution in [3.05, 3.63) is 41.3 Å². The number of anilines is 1. The Bertz CT molecular complexity index is 570. The minimum Gasteiger partial charge on any atom is -0.496 e. The van der Waals surface area contributed by atoms with E-state index in [4.69, 9.17) is 10.5 Å². The number of hydrogen-bond acceptors (Lipinski definition) is 5. The second-order valence-electron chi connectivity index (χ2n) is 4.25. The molecular formula is C14H17N3OS. The largest absolute Gasteiger partial charge is 0.496 e. The Labute approximate surface area is 117 Å². The second-order valence-corrected chi connectivity index (χ2v) is 5.30. The van der Waals surface area contributed by atoms with Crippen molar-refractivity contribution in [1.82, 2.24) is 9.97 Å². The Morgan fingerprint density at radius 1 is 1.21 bits per heavy atom. The summed E-state index contributed by atoms with van der Waals surface area (Å²) < 4.78 is 5.41. The summed E-state index contributed by atoms with van der Waals surface area (Å²) in [6.45, 7) is 4.04. The standard InChI is InChI=1S/C14H17N3OS/c1-9-6-16-12(10(2)14(9)18-3)8-19-11-4-5-13(15)17-7-11/h4-7H,8H2,1-3H3,(H2,15,17). The normalized spacial score (nSPS) is 10.5. The molecule has 2 N–H and O–H groups in total. The van der Waals surface area contributed by atoms with E-state index in [0.717, 1.165) is 33.2 Å². The number of aromatic nitrogens is 2. The van der Waals surface area contributed by atoms with Gasteiger partial charge in [-0.25, -0.2) is 4.98 Å². The maximum absolute atomic E-state index is 5.56. The molecule has 0 aliphatic heterocycles. The number of pyridine rings is 2. The third kappa shape index (κ3) is 3.17. The summed E-state index contributed by atoms with van der Waals surface area (Å²) in [5.74, 6) is 2.24. The molecule has 0 saturated heterocycles. The number of ether oxygens (including phenoxy) is 1. The van der Waals surface area contributed by atoms with Crippen molar-refractivity contribution in [1.29, 1.82) is 0 Å². The topological polar surface area (TPSA) is 61.0 Å². The van der Waals surface area contributed by atoms with E-state index in [1.165, 1.54) is 0 Å². The van der Waals surface area contributed by atoms with E-state index in [1.807, 2.05) is 26.1 Å². The van der Waals surface area contributed by atoms with E-state index in [1.54, 1.807) is 31.1 Å². The Kier molecular flexibility index (Phi) is 4.27. The fourth-order valence-electron chi connectivity index (χ4n) is 1.85. The van der Waals surface area contributed by atoms with Crippen LogP contribution in [0.3, 0.4) is 0 Å². The van der Waals surface area contributed by atoms with Gasteiger partial charge in [0.2, 0.25) is 0 Å². The summed E-state index contributed by atoms with van der Waals surface area (Å²) in [5, 5.41) is 0. The van der Waals surface area contributed by atoms with Gasteiger partial charge in [-0.05, 0) is 26.0 Å². The summed E-state index contributed by atoms with van der Waals surface area (Å²) in [6.07, 6.45) is 3.63. The minimum absolute atomic E-state index is 0.538. The van der Waals surface area contributed by atoms with Gasteiger partial charge in [-0.3, -0.25) is 4.98 Å². The molecule has 0 aliphatic rings. The lowest BCUT2D eigenvalue weighted by Crippen LogP contribution is -1.98. The summed E-state index contributed by atoms with van der Waals surface area (Å²) in [6, 6.07) is 3.77. The van der Waals surface area contributed by atoms with Gasteiger partial charge in [0.05, 0.1) is 12.8 Å². The van der Waals surface area contributed by atoms with Gasteiger partial charge in [0.25, 0.3) is 0 Å². The quantitative estimate of drug-likeness (QED) is 0.869. The monoisotopic (exact) mass is 275 g/mol. The van der Waals surface area contributed by atoms with E-state index in [2.05, 4.69) is 9.97 Å². The molecule has 0 spiro atoms. The van der Waals surface area contributed by atoms with Gasteiger partial charge in [-0.15, -0.1) is 11.8 Å².